The molecule has 0 unspecified atom stereocenters. The molecule has 2 aromatic rings. The van der Waals surface area contributed by atoms with Crippen LogP contribution in [0.4, 0.5) is 0 Å². The molecule has 3 nitrogen and oxygen atoms in total. The topological polar surface area (TPSA) is 46.0 Å². The van der Waals surface area contributed by atoms with Crippen LogP contribution in [0.2, 0.25) is 0 Å². The Balaban J connectivity index is 2.18. The number of hydrogen-bond donors (Lipinski definition) is 1. The van der Waals surface area contributed by atoms with Crippen molar-refractivity contribution < 1.29 is 5.11 Å². The first-order valence-electron chi connectivity index (χ1n) is 4.01. The third kappa shape index (κ3) is 2.24. The second-order valence-corrected chi connectivity index (χ2v) is 5.19. The third-order valence-electron chi connectivity index (χ3n) is 1.53. The molecule has 0 amide bonds. The number of aromatic hydroxyl groups is 1. The van der Waals surface area contributed by atoms with E-state index in [9.17, 15) is 5.11 Å². The molecule has 0 spiro atoms. The van der Waals surface area contributed by atoms with Gasteiger partial charge in [-0.3, -0.25) is 0 Å². The van der Waals surface area contributed by atoms with Gasteiger partial charge in [-0.1, -0.05) is 29.2 Å². The fourth-order valence-corrected chi connectivity index (χ4v) is 2.81. The highest BCUT2D eigenvalue weighted by atomic mass is 32.2. The number of nitrogens with zero attached hydrogens (tertiary/aromatic N) is 2. The van der Waals surface area contributed by atoms with Gasteiger partial charge in [0.15, 0.2) is 4.34 Å². The zero-order valence-electron chi connectivity index (χ0n) is 7.47. The van der Waals surface area contributed by atoms with Gasteiger partial charge in [0, 0.05) is 4.90 Å². The van der Waals surface area contributed by atoms with E-state index in [1.165, 1.54) is 11.8 Å². The lowest BCUT2D eigenvalue weighted by Gasteiger charge is -1.96. The number of aromatic nitrogens is 2. The largest absolute Gasteiger partial charge is 0.508 e. The number of phenols is 1. The summed E-state index contributed by atoms with van der Waals surface area (Å²) in [6.07, 6.45) is 0. The minimum absolute atomic E-state index is 0.274. The van der Waals surface area contributed by atoms with Crippen LogP contribution in [0.3, 0.4) is 0 Å². The van der Waals surface area contributed by atoms with Gasteiger partial charge in [-0.2, -0.15) is 0 Å². The summed E-state index contributed by atoms with van der Waals surface area (Å²) in [4.78, 5) is 0.973. The highest BCUT2D eigenvalue weighted by Gasteiger charge is 2.03. The summed E-state index contributed by atoms with van der Waals surface area (Å²) < 4.78 is 0.896. The predicted octanol–water partition coefficient (Wildman–Crippen LogP) is 2.70. The fourth-order valence-electron chi connectivity index (χ4n) is 0.967. The van der Waals surface area contributed by atoms with Gasteiger partial charge in [0.05, 0.1) is 0 Å². The van der Waals surface area contributed by atoms with Crippen LogP contribution in [0, 0.1) is 6.92 Å². The molecule has 14 heavy (non-hydrogen) atoms. The maximum absolute atomic E-state index is 9.25. The van der Waals surface area contributed by atoms with Gasteiger partial charge in [0.1, 0.15) is 10.8 Å². The smallest absolute Gasteiger partial charge is 0.179 e. The van der Waals surface area contributed by atoms with Crippen molar-refractivity contribution in [2.24, 2.45) is 0 Å². The summed E-state index contributed by atoms with van der Waals surface area (Å²) in [6.45, 7) is 1.92. The van der Waals surface area contributed by atoms with Crippen LogP contribution >= 0.6 is 23.1 Å². The molecule has 0 saturated carbocycles. The van der Waals surface area contributed by atoms with E-state index in [0.29, 0.717) is 0 Å². The molecule has 1 aromatic carbocycles. The Kier molecular flexibility index (Phi) is 2.69. The van der Waals surface area contributed by atoms with Crippen molar-refractivity contribution >= 4 is 23.1 Å². The minimum atomic E-state index is 0.274. The van der Waals surface area contributed by atoms with Gasteiger partial charge in [-0.15, -0.1) is 10.2 Å². The van der Waals surface area contributed by atoms with E-state index in [-0.39, 0.29) is 5.75 Å². The van der Waals surface area contributed by atoms with Crippen LogP contribution in [0.25, 0.3) is 0 Å². The third-order valence-corrected chi connectivity index (χ3v) is 3.41. The second-order valence-electron chi connectivity index (χ2n) is 2.69. The molecule has 1 N–H and O–H groups in total. The van der Waals surface area contributed by atoms with E-state index in [1.807, 2.05) is 19.1 Å². The average molecular weight is 224 g/mol. The summed E-state index contributed by atoms with van der Waals surface area (Å²) in [5.41, 5.74) is 0. The van der Waals surface area contributed by atoms with Crippen LogP contribution in [0.15, 0.2) is 33.5 Å². The Morgan fingerprint density at radius 1 is 1.36 bits per heavy atom. The van der Waals surface area contributed by atoms with Gasteiger partial charge in [0.25, 0.3) is 0 Å². The van der Waals surface area contributed by atoms with E-state index in [0.717, 1.165) is 14.2 Å². The Bertz CT molecular complexity index is 442. The highest BCUT2D eigenvalue weighted by molar-refractivity contribution is 8.01. The Morgan fingerprint density at radius 2 is 2.21 bits per heavy atom. The van der Waals surface area contributed by atoms with Crippen molar-refractivity contribution in [3.05, 3.63) is 29.3 Å². The minimum Gasteiger partial charge on any atom is -0.508 e. The first-order valence-corrected chi connectivity index (χ1v) is 5.64. The number of benzene rings is 1. The van der Waals surface area contributed by atoms with Gasteiger partial charge < -0.3 is 5.11 Å². The van der Waals surface area contributed by atoms with Gasteiger partial charge in [-0.05, 0) is 25.1 Å². The molecule has 1 heterocycles. The van der Waals surface area contributed by atoms with Crippen LogP contribution in [-0.2, 0) is 0 Å². The van der Waals surface area contributed by atoms with E-state index in [1.54, 1.807) is 23.5 Å². The van der Waals surface area contributed by atoms with Crippen molar-refractivity contribution in [2.75, 3.05) is 0 Å². The van der Waals surface area contributed by atoms with E-state index >= 15 is 0 Å². The first-order chi connectivity index (χ1) is 6.74. The number of rotatable bonds is 2. The molecule has 0 aliphatic heterocycles. The van der Waals surface area contributed by atoms with E-state index in [4.69, 9.17) is 0 Å². The maximum atomic E-state index is 9.25. The van der Waals surface area contributed by atoms with Crippen molar-refractivity contribution in [3.63, 3.8) is 0 Å². The number of aryl methyl sites for hydroxylation is 1. The summed E-state index contributed by atoms with van der Waals surface area (Å²) in [7, 11) is 0. The molecule has 0 fully saturated rings. The molecule has 5 heteroatoms. The van der Waals surface area contributed by atoms with Crippen LogP contribution < -0.4 is 0 Å². The zero-order valence-corrected chi connectivity index (χ0v) is 9.10. The van der Waals surface area contributed by atoms with Crippen LogP contribution in [-0.4, -0.2) is 15.3 Å². The van der Waals surface area contributed by atoms with Crippen LogP contribution in [0.5, 0.6) is 5.75 Å². The molecule has 0 radical (unpaired) electrons. The lowest BCUT2D eigenvalue weighted by atomic mass is 10.3. The molecule has 0 atom stereocenters. The van der Waals surface area contributed by atoms with Crippen molar-refractivity contribution in [1.29, 1.82) is 0 Å². The molecular weight excluding hydrogens is 216 g/mol. The standard InChI is InChI=1S/C9H8N2OS2/c1-6-10-11-9(13-6)14-8-4-2-3-7(12)5-8/h2-5,12H,1H3. The normalized spacial score (nSPS) is 10.4. The number of hydrogen-bond acceptors (Lipinski definition) is 5. The summed E-state index contributed by atoms with van der Waals surface area (Å²) >= 11 is 3.06. The maximum Gasteiger partial charge on any atom is 0.179 e. The molecule has 1 aromatic heterocycles. The lowest BCUT2D eigenvalue weighted by molar-refractivity contribution is 0.474. The lowest BCUT2D eigenvalue weighted by Crippen LogP contribution is -1.73. The SMILES string of the molecule is Cc1nnc(Sc2cccc(O)c2)s1. The molecule has 0 bridgehead atoms. The zero-order chi connectivity index (χ0) is 9.97. The molecule has 0 saturated heterocycles. The first kappa shape index (κ1) is 9.48. The van der Waals surface area contributed by atoms with Crippen molar-refractivity contribution in [2.45, 2.75) is 16.2 Å². The van der Waals surface area contributed by atoms with E-state index in [2.05, 4.69) is 10.2 Å². The Hall–Kier alpha value is -1.07. The summed E-state index contributed by atoms with van der Waals surface area (Å²) in [6, 6.07) is 7.10. The summed E-state index contributed by atoms with van der Waals surface area (Å²) in [5.74, 6) is 0.274. The average Bonchev–Trinajstić information content (AvgIpc) is 2.51. The second kappa shape index (κ2) is 3.98. The predicted molar refractivity (Wildman–Crippen MR) is 56.9 cm³/mol. The van der Waals surface area contributed by atoms with Crippen molar-refractivity contribution in [1.82, 2.24) is 10.2 Å². The van der Waals surface area contributed by atoms with Gasteiger partial charge in [-0.25, -0.2) is 0 Å². The number of phenolic OH excluding ortho intramolecular Hbond substituents is 1. The monoisotopic (exact) mass is 224 g/mol. The summed E-state index contributed by atoms with van der Waals surface area (Å²) in [5, 5.41) is 18.1. The van der Waals surface area contributed by atoms with Crippen molar-refractivity contribution in [3.8, 4) is 5.75 Å². The fraction of sp³-hybridized carbons (Fsp3) is 0.111. The molecule has 0 aliphatic carbocycles. The van der Waals surface area contributed by atoms with Crippen LogP contribution in [0.1, 0.15) is 5.01 Å². The highest BCUT2D eigenvalue weighted by Crippen LogP contribution is 2.31. The van der Waals surface area contributed by atoms with Gasteiger partial charge >= 0.3 is 0 Å². The Labute approximate surface area is 89.8 Å². The van der Waals surface area contributed by atoms with E-state index < -0.39 is 0 Å². The molecule has 2 rings (SSSR count). The quantitative estimate of drug-likeness (QED) is 0.852. The van der Waals surface area contributed by atoms with Gasteiger partial charge in [0.2, 0.25) is 0 Å². The Morgan fingerprint density at radius 3 is 2.86 bits per heavy atom. The molecular formula is C9H8N2OS2. The molecule has 72 valence electrons. The molecule has 0 aliphatic rings.